The van der Waals surface area contributed by atoms with E-state index < -0.39 is 30.3 Å². The molecule has 101 heavy (non-hydrogen) atoms. The molecule has 0 rings (SSSR count). The van der Waals surface area contributed by atoms with Gasteiger partial charge in [-0.2, -0.15) is 0 Å². The van der Waals surface area contributed by atoms with E-state index >= 15 is 0 Å². The van der Waals surface area contributed by atoms with Crippen LogP contribution in [0.3, 0.4) is 0 Å². The second-order valence-corrected chi connectivity index (χ2v) is 26.2. The van der Waals surface area contributed by atoms with Crippen LogP contribution in [0.25, 0.3) is 0 Å². The van der Waals surface area contributed by atoms with Crippen molar-refractivity contribution >= 4 is 17.9 Å². The van der Waals surface area contributed by atoms with Gasteiger partial charge in [0, 0.05) is 12.8 Å². The first-order valence-corrected chi connectivity index (χ1v) is 39.2. The fourth-order valence-corrected chi connectivity index (χ4v) is 9.71. The molecule has 2 unspecified atom stereocenters. The molecule has 0 aliphatic rings. The number of unbranched alkanes of at least 4 members (excludes halogenated alkanes) is 14. The smallest absolute Gasteiger partial charge is 0.306 e. The molecule has 0 N–H and O–H groups in total. The van der Waals surface area contributed by atoms with Crippen LogP contribution in [-0.4, -0.2) is 82.3 Å². The van der Waals surface area contributed by atoms with E-state index in [1.807, 2.05) is 21.1 Å². The average Bonchev–Trinajstić information content (AvgIpc) is 1.21. The Morgan fingerprint density at radius 2 is 0.535 bits per heavy atom. The minimum absolute atomic E-state index is 0.129. The van der Waals surface area contributed by atoms with Gasteiger partial charge < -0.3 is 33.3 Å². The molecule has 0 aliphatic heterocycles. The van der Waals surface area contributed by atoms with E-state index in [-0.39, 0.29) is 32.7 Å². The summed E-state index contributed by atoms with van der Waals surface area (Å²) in [6.07, 6.45) is 124. The molecular formula is C92H141NO8. The molecular weight excluding hydrogens is 1250 g/mol. The van der Waals surface area contributed by atoms with Gasteiger partial charge in [-0.15, -0.1) is 0 Å². The standard InChI is InChI=1S/C92H141NO8/c1-6-8-10-12-14-16-18-20-22-24-26-28-30-32-34-36-38-40-42-43-44-45-46-47-49-51-53-55-57-59-61-63-65-67-69-71-73-75-77-79-81-83-90(95)101-88(87-100-92(91(96)97)98-85-84-93(3,4)5)86-99-89(94)82-80-78-76-74-72-70-68-66-64-62-60-58-56-54-52-50-48-41-39-37-35-33-31-29-27-25-23-21-19-17-15-13-11-9-7-2/h8-11,14-17,20-23,26-29,32-35,38-41,43-44,46-47,50-53,56-59,62,64,68,70,88,92H,6-7,12-13,18-19,24-25,30-31,36-37,42,45,48-49,54-55,60-61,63,65-67,69,71-87H2,1-5H3/b10-8-,11-9-,16-14-,17-15-,22-20-,23-21-,28-26-,29-27-,34-32-,35-33-,40-38-,41-39-,44-43-,47-46-,52-50-,53-51-,58-56-,59-57-,64-62-,70-68-. The third-order valence-corrected chi connectivity index (χ3v) is 15.6. The van der Waals surface area contributed by atoms with E-state index in [0.29, 0.717) is 23.9 Å². The number of ether oxygens (including phenoxy) is 4. The third-order valence-electron chi connectivity index (χ3n) is 15.6. The third kappa shape index (κ3) is 80.3. The van der Waals surface area contributed by atoms with Gasteiger partial charge in [0.05, 0.1) is 40.3 Å². The first kappa shape index (κ1) is 94.1. The number of hydrogen-bond acceptors (Lipinski definition) is 8. The lowest BCUT2D eigenvalue weighted by Crippen LogP contribution is -2.44. The fraction of sp³-hybridized carbons (Fsp3) is 0.533. The Morgan fingerprint density at radius 3 is 0.792 bits per heavy atom. The highest BCUT2D eigenvalue weighted by atomic mass is 16.7. The molecule has 562 valence electrons. The predicted molar refractivity (Wildman–Crippen MR) is 434 cm³/mol. The zero-order valence-electron chi connectivity index (χ0n) is 64.2. The van der Waals surface area contributed by atoms with Crippen LogP contribution in [0.4, 0.5) is 0 Å². The molecule has 2 atom stereocenters. The van der Waals surface area contributed by atoms with Gasteiger partial charge in [-0.25, -0.2) is 0 Å². The zero-order valence-corrected chi connectivity index (χ0v) is 64.2. The first-order valence-electron chi connectivity index (χ1n) is 39.2. The molecule has 0 heterocycles. The second-order valence-electron chi connectivity index (χ2n) is 26.2. The highest BCUT2D eigenvalue weighted by Crippen LogP contribution is 2.15. The Balaban J connectivity index is 4.22. The number of quaternary nitrogens is 1. The highest BCUT2D eigenvalue weighted by molar-refractivity contribution is 5.70. The molecule has 0 saturated carbocycles. The number of carboxylic acids is 1. The molecule has 0 spiro atoms. The Hall–Kier alpha value is -6.91. The Labute approximate surface area is 618 Å². The molecule has 0 saturated heterocycles. The SMILES string of the molecule is CC/C=C\C/C=C\C/C=C\C/C=C\C/C=C\C/C=C\C/C=C\C/C=C\C/C=C\C/C=C\CCCCCCCCCCCCC(=O)OC(COC(=O)CCCCCC/C=C\C/C=C\C/C=C\C/C=C\C/C=C\C/C=C\C/C=C\C/C=C\C/C=C\C/C=C\CC)COC(OCC[N+](C)(C)C)C(=O)[O-]. The maximum absolute atomic E-state index is 13.0. The number of esters is 2. The number of aliphatic carboxylic acids is 1. The van der Waals surface area contributed by atoms with Crippen LogP contribution < -0.4 is 5.11 Å². The maximum Gasteiger partial charge on any atom is 0.306 e. The molecule has 0 aromatic rings. The molecule has 0 aliphatic carbocycles. The van der Waals surface area contributed by atoms with Gasteiger partial charge in [-0.1, -0.05) is 321 Å². The number of allylic oxidation sites excluding steroid dienone is 40. The van der Waals surface area contributed by atoms with Crippen LogP contribution in [0.5, 0.6) is 0 Å². The van der Waals surface area contributed by atoms with Gasteiger partial charge in [0.1, 0.15) is 13.2 Å². The van der Waals surface area contributed by atoms with Crippen molar-refractivity contribution in [1.29, 1.82) is 0 Å². The molecule has 9 heteroatoms. The monoisotopic (exact) mass is 1390 g/mol. The van der Waals surface area contributed by atoms with Crippen molar-refractivity contribution in [3.63, 3.8) is 0 Å². The summed E-state index contributed by atoms with van der Waals surface area (Å²) in [6.45, 7) is 4.45. The molecule has 0 radical (unpaired) electrons. The van der Waals surface area contributed by atoms with Gasteiger partial charge in [0.2, 0.25) is 0 Å². The minimum atomic E-state index is -1.65. The largest absolute Gasteiger partial charge is 0.545 e. The van der Waals surface area contributed by atoms with Crippen molar-refractivity contribution in [1.82, 2.24) is 0 Å². The van der Waals surface area contributed by atoms with Gasteiger partial charge >= 0.3 is 11.9 Å². The van der Waals surface area contributed by atoms with E-state index in [4.69, 9.17) is 18.9 Å². The van der Waals surface area contributed by atoms with E-state index in [0.717, 1.165) is 180 Å². The van der Waals surface area contributed by atoms with E-state index in [2.05, 4.69) is 257 Å². The summed E-state index contributed by atoms with van der Waals surface area (Å²) in [6, 6.07) is 0. The van der Waals surface area contributed by atoms with Crippen LogP contribution in [0, 0.1) is 0 Å². The van der Waals surface area contributed by atoms with Gasteiger partial charge in [0.15, 0.2) is 12.4 Å². The Kier molecular flexibility index (Phi) is 73.4. The summed E-state index contributed by atoms with van der Waals surface area (Å²) in [5.41, 5.74) is 0. The van der Waals surface area contributed by atoms with Crippen molar-refractivity contribution in [2.24, 2.45) is 0 Å². The van der Waals surface area contributed by atoms with Crippen LogP contribution in [-0.2, 0) is 33.3 Å². The number of carbonyl (C=O) groups is 3. The fourth-order valence-electron chi connectivity index (χ4n) is 9.71. The summed E-state index contributed by atoms with van der Waals surface area (Å²) in [4.78, 5) is 37.6. The van der Waals surface area contributed by atoms with Crippen molar-refractivity contribution in [2.75, 3.05) is 47.5 Å². The van der Waals surface area contributed by atoms with Crippen molar-refractivity contribution in [2.45, 2.75) is 270 Å². The summed E-state index contributed by atoms with van der Waals surface area (Å²) in [5.74, 6) is -2.35. The predicted octanol–water partition coefficient (Wildman–Crippen LogP) is 24.2. The molecule has 0 fully saturated rings. The zero-order chi connectivity index (χ0) is 73.2. The number of hydrogen-bond donors (Lipinski definition) is 0. The van der Waals surface area contributed by atoms with Crippen LogP contribution >= 0.6 is 0 Å². The van der Waals surface area contributed by atoms with Crippen molar-refractivity contribution < 1.29 is 42.9 Å². The molecule has 0 aromatic heterocycles. The number of nitrogens with zero attached hydrogens (tertiary/aromatic N) is 1. The van der Waals surface area contributed by atoms with Gasteiger partial charge in [-0.05, 0) is 167 Å². The normalized spacial score (nSPS) is 14.0. The maximum atomic E-state index is 13.0. The lowest BCUT2D eigenvalue weighted by Gasteiger charge is -2.26. The summed E-state index contributed by atoms with van der Waals surface area (Å²) >= 11 is 0. The average molecular weight is 1390 g/mol. The second kappa shape index (κ2) is 78.8. The van der Waals surface area contributed by atoms with Crippen molar-refractivity contribution in [3.05, 3.63) is 243 Å². The summed E-state index contributed by atoms with van der Waals surface area (Å²) in [7, 11) is 5.91. The summed E-state index contributed by atoms with van der Waals surface area (Å²) in [5, 5.41) is 11.9. The van der Waals surface area contributed by atoms with Gasteiger partial charge in [-0.3, -0.25) is 9.59 Å². The minimum Gasteiger partial charge on any atom is -0.545 e. The number of carboxylic acid groups (broad SMARTS) is 1. The molecule has 0 bridgehead atoms. The molecule has 0 amide bonds. The van der Waals surface area contributed by atoms with Crippen LogP contribution in [0.1, 0.15) is 258 Å². The lowest BCUT2D eigenvalue weighted by molar-refractivity contribution is -0.870. The van der Waals surface area contributed by atoms with Crippen molar-refractivity contribution in [3.8, 4) is 0 Å². The Bertz CT molecular complexity index is 2570. The molecule has 0 aromatic carbocycles. The number of rotatable bonds is 69. The topological polar surface area (TPSA) is 111 Å². The number of likely N-dealkylation sites (N-methyl/N-ethyl adjacent to an activating group) is 1. The highest BCUT2D eigenvalue weighted by Gasteiger charge is 2.22. The summed E-state index contributed by atoms with van der Waals surface area (Å²) < 4.78 is 22.8. The van der Waals surface area contributed by atoms with Crippen LogP contribution in [0.15, 0.2) is 243 Å². The lowest BCUT2D eigenvalue weighted by atomic mass is 10.0. The van der Waals surface area contributed by atoms with E-state index in [1.165, 1.54) is 38.5 Å². The Morgan fingerprint density at radius 1 is 0.297 bits per heavy atom. The first-order chi connectivity index (χ1) is 49.6. The number of carbonyl (C=O) groups excluding carboxylic acids is 3. The quantitative estimate of drug-likeness (QED) is 0.0195. The van der Waals surface area contributed by atoms with E-state index in [1.54, 1.807) is 0 Å². The van der Waals surface area contributed by atoms with E-state index in [9.17, 15) is 19.5 Å². The molecule has 9 nitrogen and oxygen atoms in total. The van der Waals surface area contributed by atoms with Crippen LogP contribution in [0.2, 0.25) is 0 Å². The van der Waals surface area contributed by atoms with Gasteiger partial charge in [0.25, 0.3) is 0 Å².